The van der Waals surface area contributed by atoms with Gasteiger partial charge in [0.05, 0.1) is 23.0 Å². The number of nitrogens with zero attached hydrogens (tertiary/aromatic N) is 4. The van der Waals surface area contributed by atoms with Crippen LogP contribution in [0.2, 0.25) is 0 Å². The summed E-state index contributed by atoms with van der Waals surface area (Å²) in [5.74, 6) is 0. The van der Waals surface area contributed by atoms with E-state index in [1.54, 1.807) is 0 Å². The molecule has 2 aliphatic heterocycles. The lowest BCUT2D eigenvalue weighted by Gasteiger charge is -2.29. The molecule has 0 fully saturated rings. The molecule has 2 N–H and O–H groups in total. The van der Waals surface area contributed by atoms with Crippen molar-refractivity contribution in [2.24, 2.45) is 15.4 Å². The quantitative estimate of drug-likeness (QED) is 0.694. The number of allylic oxidation sites excluding steroid dienone is 3. The zero-order chi connectivity index (χ0) is 25.7. The van der Waals surface area contributed by atoms with Crippen LogP contribution in [-0.2, 0) is 0 Å². The van der Waals surface area contributed by atoms with E-state index in [1.165, 1.54) is 0 Å². The van der Waals surface area contributed by atoms with Crippen molar-refractivity contribution in [3.63, 3.8) is 0 Å². The molecule has 0 aromatic carbocycles. The molecule has 2 aromatic rings. The van der Waals surface area contributed by atoms with Gasteiger partial charge in [0.2, 0.25) is 0 Å². The molecule has 178 valence electrons. The maximum absolute atomic E-state index is 9.67. The highest BCUT2D eigenvalue weighted by molar-refractivity contribution is 6.23. The second kappa shape index (κ2) is 8.40. The summed E-state index contributed by atoms with van der Waals surface area (Å²) in [6.45, 7) is 16.4. The van der Waals surface area contributed by atoms with Crippen molar-refractivity contribution >= 4 is 23.6 Å². The Morgan fingerprint density at radius 2 is 1.57 bits per heavy atom. The van der Waals surface area contributed by atoms with E-state index >= 15 is 0 Å². The first-order valence-electron chi connectivity index (χ1n) is 11.9. The Labute approximate surface area is 206 Å². The Hall–Kier alpha value is -3.90. The Balaban J connectivity index is 1.74. The lowest BCUT2D eigenvalue weighted by atomic mass is 9.74. The van der Waals surface area contributed by atoms with Gasteiger partial charge in [-0.05, 0) is 94.5 Å². The van der Waals surface area contributed by atoms with Crippen LogP contribution in [0.15, 0.2) is 39.0 Å². The fourth-order valence-electron chi connectivity index (χ4n) is 4.58. The summed E-state index contributed by atoms with van der Waals surface area (Å²) >= 11 is 0. The lowest BCUT2D eigenvalue weighted by molar-refractivity contribution is 0.276. The minimum absolute atomic E-state index is 0.213. The fraction of sp³-hybridized carbons (Fsp3) is 0.379. The number of rotatable bonds is 3. The van der Waals surface area contributed by atoms with Crippen LogP contribution in [0.5, 0.6) is 0 Å². The van der Waals surface area contributed by atoms with E-state index in [2.05, 4.69) is 69.7 Å². The van der Waals surface area contributed by atoms with Gasteiger partial charge in [-0.15, -0.1) is 0 Å². The largest absolute Gasteiger partial charge is 0.358 e. The van der Waals surface area contributed by atoms with E-state index in [4.69, 9.17) is 9.98 Å². The molecule has 2 aliphatic rings. The van der Waals surface area contributed by atoms with Crippen molar-refractivity contribution in [2.45, 2.75) is 67.3 Å². The molecule has 0 amide bonds. The molecule has 4 rings (SSSR count). The maximum Gasteiger partial charge on any atom is 0.149 e. The minimum atomic E-state index is -0.721. The Kier molecular flexibility index (Phi) is 5.81. The molecule has 6 nitrogen and oxygen atoms in total. The number of aromatic amines is 2. The van der Waals surface area contributed by atoms with Gasteiger partial charge in [0.15, 0.2) is 0 Å². The average molecular weight is 465 g/mol. The smallest absolute Gasteiger partial charge is 0.149 e. The van der Waals surface area contributed by atoms with Crippen LogP contribution >= 0.6 is 0 Å². The van der Waals surface area contributed by atoms with Crippen molar-refractivity contribution in [1.29, 1.82) is 10.5 Å². The first-order chi connectivity index (χ1) is 16.4. The number of nitriles is 2. The average Bonchev–Trinajstić information content (AvgIpc) is 3.44. The van der Waals surface area contributed by atoms with Gasteiger partial charge in [0, 0.05) is 33.2 Å². The van der Waals surface area contributed by atoms with Crippen LogP contribution < -0.4 is 10.7 Å². The molecule has 0 saturated carbocycles. The summed E-state index contributed by atoms with van der Waals surface area (Å²) in [6, 6.07) is 6.47. The molecule has 0 bridgehead atoms. The summed E-state index contributed by atoms with van der Waals surface area (Å²) in [6.07, 6.45) is 6.92. The molecule has 4 heterocycles. The van der Waals surface area contributed by atoms with Gasteiger partial charge in [-0.2, -0.15) is 10.5 Å². The summed E-state index contributed by atoms with van der Waals surface area (Å²) in [4.78, 5) is 16.5. The fourth-order valence-corrected chi connectivity index (χ4v) is 4.58. The first kappa shape index (κ1) is 24.2. The van der Waals surface area contributed by atoms with Gasteiger partial charge in [-0.1, -0.05) is 13.8 Å². The molecule has 0 aliphatic carbocycles. The third kappa shape index (κ3) is 4.10. The summed E-state index contributed by atoms with van der Waals surface area (Å²) < 4.78 is 0. The van der Waals surface area contributed by atoms with Crippen molar-refractivity contribution in [1.82, 2.24) is 9.97 Å². The van der Waals surface area contributed by atoms with Crippen molar-refractivity contribution in [3.8, 4) is 12.1 Å². The van der Waals surface area contributed by atoms with Gasteiger partial charge in [0.1, 0.15) is 11.6 Å². The number of hydrogen-bond donors (Lipinski definition) is 2. The first-order valence-corrected chi connectivity index (χ1v) is 11.9. The number of hydrogen-bond acceptors (Lipinski definition) is 4. The van der Waals surface area contributed by atoms with Crippen LogP contribution in [0.1, 0.15) is 69.1 Å². The molecule has 2 aromatic heterocycles. The molecular weight excluding hydrogens is 432 g/mol. The van der Waals surface area contributed by atoms with Crippen molar-refractivity contribution in [2.75, 3.05) is 0 Å². The predicted octanol–water partition coefficient (Wildman–Crippen LogP) is 4.58. The van der Waals surface area contributed by atoms with E-state index in [0.29, 0.717) is 5.56 Å². The molecule has 1 atom stereocenters. The topological polar surface area (TPSA) is 104 Å². The van der Waals surface area contributed by atoms with Gasteiger partial charge in [0.25, 0.3) is 0 Å². The maximum atomic E-state index is 9.67. The highest BCUT2D eigenvalue weighted by Crippen LogP contribution is 2.43. The monoisotopic (exact) mass is 464 g/mol. The number of aromatic nitrogens is 2. The van der Waals surface area contributed by atoms with Crippen LogP contribution in [0.25, 0.3) is 12.2 Å². The highest BCUT2D eigenvalue weighted by atomic mass is 14.9. The van der Waals surface area contributed by atoms with Gasteiger partial charge in [-0.3, -0.25) is 4.99 Å². The van der Waals surface area contributed by atoms with E-state index < -0.39 is 5.54 Å². The Morgan fingerprint density at radius 3 is 2.14 bits per heavy atom. The van der Waals surface area contributed by atoms with Gasteiger partial charge >= 0.3 is 0 Å². The van der Waals surface area contributed by atoms with Crippen molar-refractivity contribution in [3.05, 3.63) is 67.8 Å². The minimum Gasteiger partial charge on any atom is -0.358 e. The summed E-state index contributed by atoms with van der Waals surface area (Å²) in [7, 11) is 0. The zero-order valence-corrected chi connectivity index (χ0v) is 21.8. The molecular formula is C29H32N6. The van der Waals surface area contributed by atoms with Crippen LogP contribution in [0.3, 0.4) is 0 Å². The summed E-state index contributed by atoms with van der Waals surface area (Å²) in [5, 5.41) is 20.9. The van der Waals surface area contributed by atoms with E-state index in [1.807, 2.05) is 32.1 Å². The standard InChI is InChI=1S/C29H32N6/c1-16-18(3)26(33-24(16)10-22-9-21(14-30)20(5)32-22)12-27-19(4)17(2)25(34-27)11-23-13-28(6,7)29(8,15-31)35-23/h9-12,32-33H,13H2,1-8H3/b24-10-,25-11-,26-12+/t29-/m0/s1. The van der Waals surface area contributed by atoms with E-state index in [0.717, 1.165) is 67.9 Å². The number of aryl methyl sites for hydroxylation is 1. The number of nitrogens with one attached hydrogen (secondary N) is 2. The van der Waals surface area contributed by atoms with Crippen LogP contribution in [-0.4, -0.2) is 26.9 Å². The van der Waals surface area contributed by atoms with E-state index in [-0.39, 0.29) is 5.41 Å². The number of H-pyrrole nitrogens is 2. The zero-order valence-electron chi connectivity index (χ0n) is 21.8. The molecule has 0 spiro atoms. The molecule has 0 saturated heterocycles. The van der Waals surface area contributed by atoms with Crippen molar-refractivity contribution < 1.29 is 0 Å². The second-order valence-corrected chi connectivity index (χ2v) is 10.5. The molecule has 0 radical (unpaired) electrons. The SMILES string of the molecule is CC1=C(C)/C(=C/C2=N[C@@](C)(C#N)C(C)(C)C2)N=C1/C=c1/[nH]/c(=C\c2cc(C#N)c(C)[nH]2)c(C)c1C. The van der Waals surface area contributed by atoms with Crippen LogP contribution in [0, 0.1) is 48.8 Å². The summed E-state index contributed by atoms with van der Waals surface area (Å²) in [5.41, 5.74) is 8.83. The van der Waals surface area contributed by atoms with E-state index in [9.17, 15) is 10.5 Å². The third-order valence-electron chi connectivity index (χ3n) is 7.78. The van der Waals surface area contributed by atoms with Gasteiger partial charge in [-0.25, -0.2) is 4.99 Å². The Morgan fingerprint density at radius 1 is 0.914 bits per heavy atom. The normalized spacial score (nSPS) is 23.7. The number of aliphatic imine (C=N–C) groups is 2. The van der Waals surface area contributed by atoms with Crippen LogP contribution in [0.4, 0.5) is 0 Å². The lowest BCUT2D eigenvalue weighted by Crippen LogP contribution is -2.34. The highest BCUT2D eigenvalue weighted by Gasteiger charge is 2.46. The predicted molar refractivity (Wildman–Crippen MR) is 142 cm³/mol. The van der Waals surface area contributed by atoms with Gasteiger partial charge < -0.3 is 9.97 Å². The Bertz CT molecular complexity index is 1570. The molecule has 0 unspecified atom stereocenters. The third-order valence-corrected chi connectivity index (χ3v) is 7.78. The second-order valence-electron chi connectivity index (χ2n) is 10.5. The molecule has 35 heavy (non-hydrogen) atoms. The molecule has 6 heteroatoms.